The number of sulfonamides is 1. The van der Waals surface area contributed by atoms with Crippen LogP contribution in [0.3, 0.4) is 0 Å². The second-order valence-corrected chi connectivity index (χ2v) is 8.00. The average molecular weight is 397 g/mol. The van der Waals surface area contributed by atoms with Crippen LogP contribution in [0.25, 0.3) is 0 Å². The normalized spacial score (nSPS) is 11.1. The zero-order chi connectivity index (χ0) is 19.3. The van der Waals surface area contributed by atoms with E-state index >= 15 is 0 Å². The Kier molecular flexibility index (Phi) is 6.50. The van der Waals surface area contributed by atoms with Crippen LogP contribution in [-0.4, -0.2) is 33.7 Å². The number of anilines is 2. The summed E-state index contributed by atoms with van der Waals surface area (Å²) in [5.74, 6) is -0.0896. The van der Waals surface area contributed by atoms with Gasteiger partial charge in [0.05, 0.1) is 18.6 Å². The number of ether oxygens (including phenoxy) is 1. The minimum atomic E-state index is -3.69. The van der Waals surface area contributed by atoms with E-state index in [1.165, 1.54) is 0 Å². The molecule has 2 aromatic rings. The number of nitrogens with zero attached hydrogens (tertiary/aromatic N) is 1. The molecule has 1 amide bonds. The number of hydrogen-bond acceptors (Lipinski definition) is 4. The summed E-state index contributed by atoms with van der Waals surface area (Å²) in [6.07, 6.45) is 1.05. The lowest BCUT2D eigenvalue weighted by Crippen LogP contribution is -2.37. The maximum Gasteiger partial charge on any atom is 0.245 e. The SMILES string of the molecule is CCOc1ccccc1N(CC(=O)Nc1ccc(C)c(Cl)c1)S(C)(=O)=O. The molecule has 0 fully saturated rings. The zero-order valence-electron chi connectivity index (χ0n) is 14.8. The number of hydrogen-bond donors (Lipinski definition) is 1. The number of para-hydroxylation sites is 2. The number of aryl methyl sites for hydroxylation is 1. The highest BCUT2D eigenvalue weighted by molar-refractivity contribution is 7.92. The fourth-order valence-electron chi connectivity index (χ4n) is 2.32. The van der Waals surface area contributed by atoms with E-state index in [4.69, 9.17) is 16.3 Å². The monoisotopic (exact) mass is 396 g/mol. The maximum absolute atomic E-state index is 12.4. The van der Waals surface area contributed by atoms with Gasteiger partial charge in [-0.05, 0) is 43.7 Å². The maximum atomic E-state index is 12.4. The third kappa shape index (κ3) is 5.12. The van der Waals surface area contributed by atoms with Gasteiger partial charge >= 0.3 is 0 Å². The van der Waals surface area contributed by atoms with Crippen LogP contribution in [0.4, 0.5) is 11.4 Å². The van der Waals surface area contributed by atoms with E-state index in [0.29, 0.717) is 28.8 Å². The molecule has 140 valence electrons. The predicted molar refractivity (Wildman–Crippen MR) is 105 cm³/mol. The first-order chi connectivity index (χ1) is 12.2. The van der Waals surface area contributed by atoms with Crippen molar-refractivity contribution in [3.63, 3.8) is 0 Å². The largest absolute Gasteiger partial charge is 0.492 e. The van der Waals surface area contributed by atoms with Gasteiger partial charge in [-0.3, -0.25) is 9.10 Å². The number of nitrogens with one attached hydrogen (secondary N) is 1. The first-order valence-corrected chi connectivity index (χ1v) is 10.2. The summed E-state index contributed by atoms with van der Waals surface area (Å²) >= 11 is 6.05. The van der Waals surface area contributed by atoms with Crippen molar-refractivity contribution in [1.82, 2.24) is 0 Å². The molecule has 2 aromatic carbocycles. The summed E-state index contributed by atoms with van der Waals surface area (Å²) < 4.78 is 31.0. The second-order valence-electron chi connectivity index (χ2n) is 5.68. The Morgan fingerprint density at radius 3 is 2.54 bits per heavy atom. The van der Waals surface area contributed by atoms with Crippen molar-refractivity contribution in [3.8, 4) is 5.75 Å². The molecule has 6 nitrogen and oxygen atoms in total. The Balaban J connectivity index is 2.26. The average Bonchev–Trinajstić information content (AvgIpc) is 2.56. The molecule has 0 atom stereocenters. The van der Waals surface area contributed by atoms with Crippen molar-refractivity contribution in [1.29, 1.82) is 0 Å². The molecule has 1 N–H and O–H groups in total. The van der Waals surface area contributed by atoms with Crippen LogP contribution in [-0.2, 0) is 14.8 Å². The summed E-state index contributed by atoms with van der Waals surface area (Å²) in [6.45, 7) is 3.65. The number of carbonyl (C=O) groups is 1. The molecule has 8 heteroatoms. The van der Waals surface area contributed by atoms with Crippen molar-refractivity contribution in [2.45, 2.75) is 13.8 Å². The Hall–Kier alpha value is -2.25. The van der Waals surface area contributed by atoms with Crippen LogP contribution in [0.2, 0.25) is 5.02 Å². The minimum absolute atomic E-state index is 0.314. The number of halogens is 1. The predicted octanol–water partition coefficient (Wildman–Crippen LogP) is 3.45. The van der Waals surface area contributed by atoms with Gasteiger partial charge in [0, 0.05) is 10.7 Å². The molecule has 2 rings (SSSR count). The smallest absolute Gasteiger partial charge is 0.245 e. The van der Waals surface area contributed by atoms with Crippen LogP contribution in [0.15, 0.2) is 42.5 Å². The summed E-state index contributed by atoms with van der Waals surface area (Å²) in [5.41, 5.74) is 1.69. The highest BCUT2D eigenvalue weighted by atomic mass is 35.5. The molecule has 0 heterocycles. The molecule has 0 aliphatic heterocycles. The summed E-state index contributed by atoms with van der Waals surface area (Å²) in [7, 11) is -3.69. The van der Waals surface area contributed by atoms with Crippen LogP contribution >= 0.6 is 11.6 Å². The van der Waals surface area contributed by atoms with Gasteiger partial charge in [-0.25, -0.2) is 8.42 Å². The van der Waals surface area contributed by atoms with Gasteiger partial charge in [-0.2, -0.15) is 0 Å². The number of amides is 1. The topological polar surface area (TPSA) is 75.7 Å². The molecule has 0 saturated heterocycles. The lowest BCUT2D eigenvalue weighted by Gasteiger charge is -2.24. The van der Waals surface area contributed by atoms with Crippen molar-refractivity contribution in [2.24, 2.45) is 0 Å². The summed E-state index contributed by atoms with van der Waals surface area (Å²) in [6, 6.07) is 11.8. The molecule has 26 heavy (non-hydrogen) atoms. The molecule has 0 saturated carbocycles. The van der Waals surface area contributed by atoms with Gasteiger partial charge in [0.25, 0.3) is 0 Å². The number of rotatable bonds is 7. The van der Waals surface area contributed by atoms with Crippen molar-refractivity contribution in [3.05, 3.63) is 53.1 Å². The van der Waals surface area contributed by atoms with Crippen LogP contribution in [0.5, 0.6) is 5.75 Å². The van der Waals surface area contributed by atoms with E-state index < -0.39 is 15.9 Å². The van der Waals surface area contributed by atoms with Gasteiger partial charge in [0.1, 0.15) is 12.3 Å². The highest BCUT2D eigenvalue weighted by Gasteiger charge is 2.24. The molecule has 0 spiro atoms. The lowest BCUT2D eigenvalue weighted by molar-refractivity contribution is -0.114. The van der Waals surface area contributed by atoms with Crippen molar-refractivity contribution >= 4 is 38.9 Å². The van der Waals surface area contributed by atoms with Crippen LogP contribution < -0.4 is 14.4 Å². The highest BCUT2D eigenvalue weighted by Crippen LogP contribution is 2.30. The molecule has 0 unspecified atom stereocenters. The Labute approximate surface area is 158 Å². The zero-order valence-corrected chi connectivity index (χ0v) is 16.4. The van der Waals surface area contributed by atoms with Crippen LogP contribution in [0.1, 0.15) is 12.5 Å². The van der Waals surface area contributed by atoms with Gasteiger partial charge in [-0.15, -0.1) is 0 Å². The summed E-state index contributed by atoms with van der Waals surface area (Å²) in [5, 5.41) is 3.18. The molecular formula is C18H21ClN2O4S. The molecular weight excluding hydrogens is 376 g/mol. The quantitative estimate of drug-likeness (QED) is 0.777. The van der Waals surface area contributed by atoms with Crippen molar-refractivity contribution < 1.29 is 17.9 Å². The van der Waals surface area contributed by atoms with E-state index in [9.17, 15) is 13.2 Å². The third-order valence-electron chi connectivity index (χ3n) is 3.58. The molecule has 0 bridgehead atoms. The second kappa shape index (κ2) is 8.42. The molecule has 0 aliphatic rings. The summed E-state index contributed by atoms with van der Waals surface area (Å²) in [4.78, 5) is 12.4. The standard InChI is InChI=1S/C18H21ClN2O4S/c1-4-25-17-8-6-5-7-16(17)21(26(3,23)24)12-18(22)20-14-10-9-13(2)15(19)11-14/h5-11H,4,12H2,1-3H3,(H,20,22). The molecule has 0 aliphatic carbocycles. The fraction of sp³-hybridized carbons (Fsp3) is 0.278. The number of benzene rings is 2. The minimum Gasteiger partial charge on any atom is -0.492 e. The van der Waals surface area contributed by atoms with E-state index in [1.54, 1.807) is 49.4 Å². The molecule has 0 aromatic heterocycles. The Morgan fingerprint density at radius 2 is 1.92 bits per heavy atom. The van der Waals surface area contributed by atoms with Gasteiger partial charge in [-0.1, -0.05) is 29.8 Å². The first-order valence-electron chi connectivity index (χ1n) is 7.98. The van der Waals surface area contributed by atoms with E-state index in [0.717, 1.165) is 16.1 Å². The van der Waals surface area contributed by atoms with Crippen molar-refractivity contribution in [2.75, 3.05) is 29.0 Å². The van der Waals surface area contributed by atoms with E-state index in [1.807, 2.05) is 6.92 Å². The molecule has 0 radical (unpaired) electrons. The van der Waals surface area contributed by atoms with E-state index in [-0.39, 0.29) is 6.54 Å². The fourth-order valence-corrected chi connectivity index (χ4v) is 3.36. The Morgan fingerprint density at radius 1 is 1.23 bits per heavy atom. The third-order valence-corrected chi connectivity index (χ3v) is 5.11. The van der Waals surface area contributed by atoms with E-state index in [2.05, 4.69) is 5.32 Å². The Bertz CT molecular complexity index is 900. The first kappa shape index (κ1) is 20.1. The number of carbonyl (C=O) groups excluding carboxylic acids is 1. The van der Waals surface area contributed by atoms with Gasteiger partial charge < -0.3 is 10.1 Å². The van der Waals surface area contributed by atoms with Crippen LogP contribution in [0, 0.1) is 6.92 Å². The lowest BCUT2D eigenvalue weighted by atomic mass is 10.2. The van der Waals surface area contributed by atoms with Gasteiger partial charge in [0.15, 0.2) is 0 Å². The van der Waals surface area contributed by atoms with Gasteiger partial charge in [0.2, 0.25) is 15.9 Å².